The Labute approximate surface area is 211 Å². The van der Waals surface area contributed by atoms with Gasteiger partial charge in [0, 0.05) is 12.2 Å². The Bertz CT molecular complexity index is 1030. The number of aliphatic hydroxyl groups is 2. The molecule has 2 rings (SSSR count). The molecule has 0 aliphatic rings. The number of aliphatic hydroxyl groups excluding tert-OH is 2. The highest BCUT2D eigenvalue weighted by molar-refractivity contribution is 5.99. The van der Waals surface area contributed by atoms with Crippen LogP contribution in [-0.2, 0) is 14.3 Å². The first-order valence-electron chi connectivity index (χ1n) is 11.5. The number of nitrogens with zero attached hydrogens (tertiary/aromatic N) is 1. The molecule has 0 aliphatic carbocycles. The predicted molar refractivity (Wildman–Crippen MR) is 135 cm³/mol. The third-order valence-electron chi connectivity index (χ3n) is 5.07. The van der Waals surface area contributed by atoms with Crippen molar-refractivity contribution in [3.63, 3.8) is 0 Å². The Morgan fingerprint density at radius 1 is 1.06 bits per heavy atom. The van der Waals surface area contributed by atoms with E-state index in [2.05, 4.69) is 10.6 Å². The van der Waals surface area contributed by atoms with Crippen molar-refractivity contribution in [2.45, 2.75) is 45.4 Å². The summed E-state index contributed by atoms with van der Waals surface area (Å²) in [6, 6.07) is 11.2. The number of carbonyl (C=O) groups is 3. The molecular weight excluding hydrogens is 466 g/mol. The maximum atomic E-state index is 13.5. The van der Waals surface area contributed by atoms with E-state index in [1.165, 1.54) is 7.11 Å². The molecule has 3 amide bonds. The molecule has 196 valence electrons. The SMILES string of the molecule is COc1ccc(NC(=O)C(c2cccc(C)c2)N(CCO)C(=O)C(CO)NC(=O)OC(C)(C)C)cc1. The van der Waals surface area contributed by atoms with Gasteiger partial charge in [0.15, 0.2) is 0 Å². The number of aryl methyl sites for hydroxylation is 1. The van der Waals surface area contributed by atoms with Crippen molar-refractivity contribution in [1.29, 1.82) is 0 Å². The van der Waals surface area contributed by atoms with Crippen LogP contribution in [0.5, 0.6) is 5.75 Å². The number of hydrogen-bond donors (Lipinski definition) is 4. The third kappa shape index (κ3) is 8.24. The molecule has 4 N–H and O–H groups in total. The molecule has 0 bridgehead atoms. The molecule has 2 unspecified atom stereocenters. The fraction of sp³-hybridized carbons (Fsp3) is 0.423. The quantitative estimate of drug-likeness (QED) is 0.392. The van der Waals surface area contributed by atoms with E-state index >= 15 is 0 Å². The minimum absolute atomic E-state index is 0.222. The lowest BCUT2D eigenvalue weighted by atomic mass is 10.0. The van der Waals surface area contributed by atoms with E-state index in [0.717, 1.165) is 10.5 Å². The summed E-state index contributed by atoms with van der Waals surface area (Å²) in [5, 5.41) is 24.8. The van der Waals surface area contributed by atoms with Crippen LogP contribution in [0, 0.1) is 6.92 Å². The average molecular weight is 502 g/mol. The molecular formula is C26H35N3O7. The van der Waals surface area contributed by atoms with Crippen LogP contribution < -0.4 is 15.4 Å². The van der Waals surface area contributed by atoms with E-state index in [4.69, 9.17) is 9.47 Å². The minimum atomic E-state index is -1.40. The van der Waals surface area contributed by atoms with Crippen LogP contribution in [0.2, 0.25) is 0 Å². The Balaban J connectivity index is 2.41. The van der Waals surface area contributed by atoms with Gasteiger partial charge in [0.2, 0.25) is 5.91 Å². The number of rotatable bonds is 10. The van der Waals surface area contributed by atoms with E-state index in [1.54, 1.807) is 63.2 Å². The van der Waals surface area contributed by atoms with Gasteiger partial charge in [-0.2, -0.15) is 0 Å². The van der Waals surface area contributed by atoms with Gasteiger partial charge in [-0.1, -0.05) is 29.8 Å². The zero-order valence-corrected chi connectivity index (χ0v) is 21.3. The van der Waals surface area contributed by atoms with Crippen molar-refractivity contribution >= 4 is 23.6 Å². The summed E-state index contributed by atoms with van der Waals surface area (Å²) in [7, 11) is 1.53. The molecule has 10 heteroatoms. The lowest BCUT2D eigenvalue weighted by Crippen LogP contribution is -2.54. The van der Waals surface area contributed by atoms with E-state index in [-0.39, 0.29) is 6.54 Å². The highest BCUT2D eigenvalue weighted by Gasteiger charge is 2.36. The molecule has 2 aromatic carbocycles. The topological polar surface area (TPSA) is 137 Å². The van der Waals surface area contributed by atoms with Gasteiger partial charge < -0.3 is 35.2 Å². The molecule has 0 spiro atoms. The highest BCUT2D eigenvalue weighted by Crippen LogP contribution is 2.25. The van der Waals surface area contributed by atoms with E-state index in [9.17, 15) is 24.6 Å². The van der Waals surface area contributed by atoms with E-state index in [0.29, 0.717) is 17.0 Å². The largest absolute Gasteiger partial charge is 0.497 e. The summed E-state index contributed by atoms with van der Waals surface area (Å²) < 4.78 is 10.3. The summed E-state index contributed by atoms with van der Waals surface area (Å²) in [6.07, 6.45) is -0.895. The number of carbonyl (C=O) groups excluding carboxylic acids is 3. The molecule has 0 radical (unpaired) electrons. The van der Waals surface area contributed by atoms with Gasteiger partial charge in [0.1, 0.15) is 23.4 Å². The maximum Gasteiger partial charge on any atom is 0.408 e. The molecule has 0 saturated heterocycles. The monoisotopic (exact) mass is 501 g/mol. The summed E-state index contributed by atoms with van der Waals surface area (Å²) >= 11 is 0. The van der Waals surface area contributed by atoms with Crippen LogP contribution in [0.3, 0.4) is 0 Å². The summed E-state index contributed by atoms with van der Waals surface area (Å²) in [5.74, 6) is -0.686. The summed E-state index contributed by atoms with van der Waals surface area (Å²) in [5.41, 5.74) is 1.01. The number of anilines is 1. The van der Waals surface area contributed by atoms with Crippen molar-refractivity contribution in [2.75, 3.05) is 32.2 Å². The maximum absolute atomic E-state index is 13.5. The molecule has 0 fully saturated rings. The predicted octanol–water partition coefficient (Wildman–Crippen LogP) is 2.39. The van der Waals surface area contributed by atoms with Gasteiger partial charge in [-0.25, -0.2) is 4.79 Å². The Morgan fingerprint density at radius 2 is 1.72 bits per heavy atom. The van der Waals surface area contributed by atoms with Crippen molar-refractivity contribution in [2.24, 2.45) is 0 Å². The second-order valence-electron chi connectivity index (χ2n) is 9.17. The van der Waals surface area contributed by atoms with Crippen LogP contribution in [0.1, 0.15) is 37.9 Å². The van der Waals surface area contributed by atoms with Crippen molar-refractivity contribution in [3.8, 4) is 5.75 Å². The zero-order valence-electron chi connectivity index (χ0n) is 21.3. The zero-order chi connectivity index (χ0) is 26.9. The smallest absolute Gasteiger partial charge is 0.408 e. The Kier molecular flexibility index (Phi) is 10.2. The lowest BCUT2D eigenvalue weighted by molar-refractivity contribution is -0.142. The van der Waals surface area contributed by atoms with Gasteiger partial charge in [0.25, 0.3) is 5.91 Å². The minimum Gasteiger partial charge on any atom is -0.497 e. The number of ether oxygens (including phenoxy) is 2. The molecule has 2 atom stereocenters. The molecule has 0 heterocycles. The van der Waals surface area contributed by atoms with Gasteiger partial charge in [0.05, 0.1) is 20.3 Å². The van der Waals surface area contributed by atoms with Gasteiger partial charge in [-0.05, 0) is 57.5 Å². The molecule has 0 saturated carbocycles. The average Bonchev–Trinajstić information content (AvgIpc) is 2.81. The van der Waals surface area contributed by atoms with Gasteiger partial charge in [-0.15, -0.1) is 0 Å². The first-order chi connectivity index (χ1) is 17.0. The summed E-state index contributed by atoms with van der Waals surface area (Å²) in [6.45, 7) is 5.43. The first kappa shape index (κ1) is 28.6. The number of nitrogens with one attached hydrogen (secondary N) is 2. The van der Waals surface area contributed by atoms with E-state index in [1.807, 2.05) is 13.0 Å². The van der Waals surface area contributed by atoms with Gasteiger partial charge in [-0.3, -0.25) is 9.59 Å². The van der Waals surface area contributed by atoms with Crippen molar-refractivity contribution in [1.82, 2.24) is 10.2 Å². The van der Waals surface area contributed by atoms with Crippen LogP contribution >= 0.6 is 0 Å². The molecule has 10 nitrogen and oxygen atoms in total. The normalized spacial score (nSPS) is 12.8. The highest BCUT2D eigenvalue weighted by atomic mass is 16.6. The second kappa shape index (κ2) is 12.9. The Morgan fingerprint density at radius 3 is 2.25 bits per heavy atom. The second-order valence-corrected chi connectivity index (χ2v) is 9.17. The number of benzene rings is 2. The van der Waals surface area contributed by atoms with E-state index < -0.39 is 48.8 Å². The van der Waals surface area contributed by atoms with Gasteiger partial charge >= 0.3 is 6.09 Å². The number of alkyl carbamates (subject to hydrolysis) is 1. The number of hydrogen-bond acceptors (Lipinski definition) is 7. The summed E-state index contributed by atoms with van der Waals surface area (Å²) in [4.78, 5) is 40.4. The fourth-order valence-electron chi connectivity index (χ4n) is 3.51. The molecule has 2 aromatic rings. The van der Waals surface area contributed by atoms with Crippen molar-refractivity contribution in [3.05, 3.63) is 59.7 Å². The van der Waals surface area contributed by atoms with Crippen molar-refractivity contribution < 1.29 is 34.1 Å². The van der Waals surface area contributed by atoms with Crippen LogP contribution in [-0.4, -0.2) is 71.5 Å². The molecule has 0 aromatic heterocycles. The number of amides is 3. The van der Waals surface area contributed by atoms with Crippen LogP contribution in [0.4, 0.5) is 10.5 Å². The standard InChI is InChI=1S/C26H35N3O7/c1-17-7-6-8-18(15-17)22(23(32)27-19-9-11-20(35-5)12-10-19)29(13-14-30)24(33)21(16-31)28-25(34)36-26(2,3)4/h6-12,15,21-22,30-31H,13-14,16H2,1-5H3,(H,27,32)(H,28,34). The third-order valence-corrected chi connectivity index (χ3v) is 5.07. The fourth-order valence-corrected chi connectivity index (χ4v) is 3.51. The lowest BCUT2D eigenvalue weighted by Gasteiger charge is -2.33. The van der Waals surface area contributed by atoms with Crippen LogP contribution in [0.15, 0.2) is 48.5 Å². The molecule has 36 heavy (non-hydrogen) atoms. The van der Waals surface area contributed by atoms with Crippen LogP contribution in [0.25, 0.3) is 0 Å². The Hall–Kier alpha value is -3.63. The first-order valence-corrected chi connectivity index (χ1v) is 11.5. The number of methoxy groups -OCH3 is 1. The molecule has 0 aliphatic heterocycles.